The molecule has 4 aromatic rings. The summed E-state index contributed by atoms with van der Waals surface area (Å²) in [5.74, 6) is -0.174. The van der Waals surface area contributed by atoms with Crippen molar-refractivity contribution in [2.45, 2.75) is 25.8 Å². The number of carbonyl (C=O) groups is 1. The molecule has 6 heteroatoms. The summed E-state index contributed by atoms with van der Waals surface area (Å²) in [6.45, 7) is 1.01. The van der Waals surface area contributed by atoms with Gasteiger partial charge < -0.3 is 9.84 Å². The van der Waals surface area contributed by atoms with Crippen LogP contribution in [-0.2, 0) is 24.2 Å². The van der Waals surface area contributed by atoms with Crippen LogP contribution in [0.5, 0.6) is 5.75 Å². The van der Waals surface area contributed by atoms with Crippen LogP contribution in [0.25, 0.3) is 10.8 Å². The number of hydrogen-bond acceptors (Lipinski definition) is 3. The van der Waals surface area contributed by atoms with E-state index in [0.717, 1.165) is 17.5 Å². The number of rotatable bonds is 9. The van der Waals surface area contributed by atoms with Gasteiger partial charge in [0.25, 0.3) is 0 Å². The Balaban J connectivity index is 1.51. The summed E-state index contributed by atoms with van der Waals surface area (Å²) in [4.78, 5) is 11.1. The molecule has 0 aliphatic heterocycles. The van der Waals surface area contributed by atoms with Crippen molar-refractivity contribution in [2.24, 2.45) is 0 Å². The molecule has 0 unspecified atom stereocenters. The summed E-state index contributed by atoms with van der Waals surface area (Å²) >= 11 is 6.47. The standard InChI is InChI=1S/C25H23ClN2O3/c26-23-15-21(8-9-25(29)30)24(16-22(23)17-28-12-3-11-27-28)31-13-10-18-6-7-19-4-1-2-5-20(19)14-18/h1-7,11-12,14-16H,8-10,13,17H2,(H,29,30). The molecule has 3 aromatic carbocycles. The molecule has 0 atom stereocenters. The predicted molar refractivity (Wildman–Crippen MR) is 122 cm³/mol. The quantitative estimate of drug-likeness (QED) is 0.384. The van der Waals surface area contributed by atoms with Crippen molar-refractivity contribution in [2.75, 3.05) is 6.61 Å². The predicted octanol–water partition coefficient (Wildman–Crippen LogP) is 5.38. The van der Waals surface area contributed by atoms with E-state index in [1.54, 1.807) is 10.9 Å². The lowest BCUT2D eigenvalue weighted by Gasteiger charge is -2.15. The van der Waals surface area contributed by atoms with Crippen LogP contribution >= 0.6 is 11.6 Å². The molecule has 0 spiro atoms. The third-order valence-corrected chi connectivity index (χ3v) is 5.54. The van der Waals surface area contributed by atoms with Gasteiger partial charge in [-0.3, -0.25) is 9.48 Å². The molecule has 5 nitrogen and oxygen atoms in total. The van der Waals surface area contributed by atoms with Crippen LogP contribution < -0.4 is 4.74 Å². The van der Waals surface area contributed by atoms with E-state index < -0.39 is 5.97 Å². The van der Waals surface area contributed by atoms with Gasteiger partial charge >= 0.3 is 5.97 Å². The first-order chi connectivity index (χ1) is 15.1. The molecule has 4 rings (SSSR count). The van der Waals surface area contributed by atoms with Gasteiger partial charge in [-0.05, 0) is 52.1 Å². The molecule has 0 radical (unpaired) electrons. The van der Waals surface area contributed by atoms with E-state index in [4.69, 9.17) is 21.4 Å². The number of aliphatic carboxylic acids is 1. The van der Waals surface area contributed by atoms with E-state index in [1.165, 1.54) is 16.3 Å². The highest BCUT2D eigenvalue weighted by atomic mass is 35.5. The highest BCUT2D eigenvalue weighted by Crippen LogP contribution is 2.29. The molecule has 0 aliphatic carbocycles. The van der Waals surface area contributed by atoms with E-state index >= 15 is 0 Å². The van der Waals surface area contributed by atoms with Crippen LogP contribution in [0, 0.1) is 0 Å². The summed E-state index contributed by atoms with van der Waals surface area (Å²) < 4.78 is 7.91. The van der Waals surface area contributed by atoms with E-state index in [2.05, 4.69) is 35.4 Å². The van der Waals surface area contributed by atoms with E-state index in [-0.39, 0.29) is 6.42 Å². The van der Waals surface area contributed by atoms with E-state index in [1.807, 2.05) is 36.5 Å². The number of carboxylic acid groups (broad SMARTS) is 1. The maximum Gasteiger partial charge on any atom is 0.303 e. The molecular weight excluding hydrogens is 412 g/mol. The summed E-state index contributed by atoms with van der Waals surface area (Å²) in [5, 5.41) is 16.3. The van der Waals surface area contributed by atoms with E-state index in [9.17, 15) is 4.79 Å². The second-order valence-corrected chi connectivity index (χ2v) is 7.84. The first kappa shape index (κ1) is 20.9. The Labute approximate surface area is 185 Å². The van der Waals surface area contributed by atoms with Gasteiger partial charge in [0.1, 0.15) is 5.75 Å². The fourth-order valence-electron chi connectivity index (χ4n) is 3.57. The Morgan fingerprint density at radius 1 is 1.00 bits per heavy atom. The topological polar surface area (TPSA) is 64.3 Å². The number of aromatic nitrogens is 2. The lowest BCUT2D eigenvalue weighted by Crippen LogP contribution is -2.07. The van der Waals surface area contributed by atoms with Crippen molar-refractivity contribution >= 4 is 28.3 Å². The van der Waals surface area contributed by atoms with Crippen LogP contribution in [0.2, 0.25) is 5.02 Å². The maximum atomic E-state index is 11.1. The number of halogens is 1. The smallest absolute Gasteiger partial charge is 0.303 e. The lowest BCUT2D eigenvalue weighted by atomic mass is 10.0. The minimum atomic E-state index is -0.848. The minimum Gasteiger partial charge on any atom is -0.493 e. The van der Waals surface area contributed by atoms with Crippen molar-refractivity contribution in [1.29, 1.82) is 0 Å². The van der Waals surface area contributed by atoms with Crippen molar-refractivity contribution in [3.8, 4) is 5.75 Å². The zero-order valence-corrected chi connectivity index (χ0v) is 17.8. The SMILES string of the molecule is O=C(O)CCc1cc(Cl)c(Cn2cccn2)cc1OCCc1ccc2ccccc2c1. The van der Waals surface area contributed by atoms with Crippen molar-refractivity contribution < 1.29 is 14.6 Å². The molecule has 0 amide bonds. The fourth-order valence-corrected chi connectivity index (χ4v) is 3.82. The number of benzene rings is 3. The van der Waals surface area contributed by atoms with Gasteiger partial charge in [-0.2, -0.15) is 5.10 Å². The number of fused-ring (bicyclic) bond motifs is 1. The van der Waals surface area contributed by atoms with Crippen LogP contribution in [0.1, 0.15) is 23.1 Å². The number of aryl methyl sites for hydroxylation is 1. The second-order valence-electron chi connectivity index (χ2n) is 7.43. The maximum absolute atomic E-state index is 11.1. The molecule has 0 fully saturated rings. The first-order valence-electron chi connectivity index (χ1n) is 10.2. The highest BCUT2D eigenvalue weighted by molar-refractivity contribution is 6.31. The Kier molecular flexibility index (Phi) is 6.53. The third-order valence-electron chi connectivity index (χ3n) is 5.19. The summed E-state index contributed by atoms with van der Waals surface area (Å²) in [6, 6.07) is 20.2. The Morgan fingerprint density at radius 3 is 2.61 bits per heavy atom. The molecular formula is C25H23ClN2O3. The number of ether oxygens (including phenoxy) is 1. The van der Waals surface area contributed by atoms with Crippen LogP contribution in [0.4, 0.5) is 0 Å². The molecule has 0 bridgehead atoms. The van der Waals surface area contributed by atoms with Crippen LogP contribution in [0.15, 0.2) is 73.1 Å². The average Bonchev–Trinajstić information content (AvgIpc) is 3.27. The van der Waals surface area contributed by atoms with Crippen LogP contribution in [0.3, 0.4) is 0 Å². The van der Waals surface area contributed by atoms with Crippen LogP contribution in [-0.4, -0.2) is 27.5 Å². The molecule has 158 valence electrons. The van der Waals surface area contributed by atoms with Crippen molar-refractivity contribution in [1.82, 2.24) is 9.78 Å². The fraction of sp³-hybridized carbons (Fsp3) is 0.200. The number of nitrogens with zero attached hydrogens (tertiary/aromatic N) is 2. The molecule has 0 aliphatic rings. The van der Waals surface area contributed by atoms with Gasteiger partial charge in [0, 0.05) is 30.3 Å². The van der Waals surface area contributed by atoms with Gasteiger partial charge in [-0.15, -0.1) is 0 Å². The molecule has 1 aromatic heterocycles. The van der Waals surface area contributed by atoms with Gasteiger partial charge in [0.05, 0.1) is 13.2 Å². The zero-order chi connectivity index (χ0) is 21.6. The summed E-state index contributed by atoms with van der Waals surface area (Å²) in [6.07, 6.45) is 4.73. The highest BCUT2D eigenvalue weighted by Gasteiger charge is 2.13. The van der Waals surface area contributed by atoms with Crippen molar-refractivity contribution in [3.63, 3.8) is 0 Å². The number of hydrogen-bond donors (Lipinski definition) is 1. The molecule has 0 saturated heterocycles. The Hall–Kier alpha value is -3.31. The largest absolute Gasteiger partial charge is 0.493 e. The van der Waals surface area contributed by atoms with Gasteiger partial charge in [0.2, 0.25) is 0 Å². The zero-order valence-electron chi connectivity index (χ0n) is 17.0. The van der Waals surface area contributed by atoms with Gasteiger partial charge in [0.15, 0.2) is 0 Å². The normalized spacial score (nSPS) is 11.0. The second kappa shape index (κ2) is 9.67. The molecule has 1 N–H and O–H groups in total. The third kappa shape index (κ3) is 5.44. The molecule has 1 heterocycles. The van der Waals surface area contributed by atoms with Crippen molar-refractivity contribution in [3.05, 3.63) is 94.8 Å². The first-order valence-corrected chi connectivity index (χ1v) is 10.6. The summed E-state index contributed by atoms with van der Waals surface area (Å²) in [5.41, 5.74) is 2.87. The van der Waals surface area contributed by atoms with Gasteiger partial charge in [-0.1, -0.05) is 54.1 Å². The number of carboxylic acids is 1. The Bertz CT molecular complexity index is 1190. The summed E-state index contributed by atoms with van der Waals surface area (Å²) in [7, 11) is 0. The van der Waals surface area contributed by atoms with Gasteiger partial charge in [-0.25, -0.2) is 0 Å². The monoisotopic (exact) mass is 434 g/mol. The lowest BCUT2D eigenvalue weighted by molar-refractivity contribution is -0.136. The minimum absolute atomic E-state index is 0.0237. The Morgan fingerprint density at radius 2 is 1.84 bits per heavy atom. The average molecular weight is 435 g/mol. The molecule has 0 saturated carbocycles. The molecule has 31 heavy (non-hydrogen) atoms. The van der Waals surface area contributed by atoms with E-state index in [0.29, 0.717) is 30.3 Å².